The highest BCUT2D eigenvalue weighted by molar-refractivity contribution is 5.20. The Balaban J connectivity index is 1.40. The predicted octanol–water partition coefficient (Wildman–Crippen LogP) is 4.14. The summed E-state index contributed by atoms with van der Waals surface area (Å²) in [6, 6.07) is 11.8. The van der Waals surface area contributed by atoms with Crippen molar-refractivity contribution < 1.29 is 14.0 Å². The normalized spacial score (nSPS) is 10.7. The van der Waals surface area contributed by atoms with Gasteiger partial charge in [-0.15, -0.1) is 0 Å². The van der Waals surface area contributed by atoms with Crippen molar-refractivity contribution in [3.05, 3.63) is 47.9 Å². The van der Waals surface area contributed by atoms with Crippen molar-refractivity contribution in [2.45, 2.75) is 39.2 Å². The molecule has 0 saturated heterocycles. The van der Waals surface area contributed by atoms with E-state index in [0.29, 0.717) is 6.61 Å². The van der Waals surface area contributed by atoms with Gasteiger partial charge in [0.05, 0.1) is 13.2 Å². The van der Waals surface area contributed by atoms with Crippen LogP contribution in [0.25, 0.3) is 0 Å². The van der Waals surface area contributed by atoms with Crippen LogP contribution in [0.4, 0.5) is 0 Å². The Morgan fingerprint density at radius 3 is 2.48 bits per heavy atom. The van der Waals surface area contributed by atoms with E-state index in [1.807, 2.05) is 43.3 Å². The number of para-hydroxylation sites is 1. The van der Waals surface area contributed by atoms with Gasteiger partial charge in [-0.1, -0.05) is 29.8 Å². The van der Waals surface area contributed by atoms with Crippen molar-refractivity contribution in [3.8, 4) is 5.75 Å². The molecule has 4 heteroatoms. The van der Waals surface area contributed by atoms with Gasteiger partial charge in [0.25, 0.3) is 0 Å². The van der Waals surface area contributed by atoms with Gasteiger partial charge in [0.1, 0.15) is 17.2 Å². The molecule has 2 rings (SSSR count). The van der Waals surface area contributed by atoms with Crippen LogP contribution in [0.3, 0.4) is 0 Å². The average Bonchev–Trinajstić information content (AvgIpc) is 2.92. The summed E-state index contributed by atoms with van der Waals surface area (Å²) < 4.78 is 16.2. The zero-order chi connectivity index (χ0) is 14.8. The lowest BCUT2D eigenvalue weighted by Crippen LogP contribution is -1.98. The van der Waals surface area contributed by atoms with E-state index in [0.717, 1.165) is 49.7 Å². The van der Waals surface area contributed by atoms with Crippen LogP contribution in [0.5, 0.6) is 5.75 Å². The van der Waals surface area contributed by atoms with Gasteiger partial charge >= 0.3 is 0 Å². The molecule has 4 nitrogen and oxygen atoms in total. The Hall–Kier alpha value is -1.81. The van der Waals surface area contributed by atoms with E-state index in [1.54, 1.807) is 0 Å². The molecule has 0 aliphatic rings. The molecule has 0 spiro atoms. The van der Waals surface area contributed by atoms with E-state index < -0.39 is 0 Å². The summed E-state index contributed by atoms with van der Waals surface area (Å²) in [5.41, 5.74) is 0.865. The number of rotatable bonds is 10. The molecule has 0 N–H and O–H groups in total. The highest BCUT2D eigenvalue weighted by Gasteiger charge is 1.99. The number of hydrogen-bond acceptors (Lipinski definition) is 4. The van der Waals surface area contributed by atoms with Gasteiger partial charge in [0.2, 0.25) is 0 Å². The van der Waals surface area contributed by atoms with Crippen molar-refractivity contribution in [1.29, 1.82) is 0 Å². The molecule has 0 fully saturated rings. The van der Waals surface area contributed by atoms with Crippen LogP contribution >= 0.6 is 0 Å². The number of benzene rings is 1. The average molecular weight is 289 g/mol. The number of aryl methyl sites for hydroxylation is 1. The molecule has 0 unspecified atom stereocenters. The van der Waals surface area contributed by atoms with Crippen LogP contribution in [0.15, 0.2) is 40.9 Å². The van der Waals surface area contributed by atoms with Crippen molar-refractivity contribution >= 4 is 0 Å². The molecule has 0 saturated carbocycles. The van der Waals surface area contributed by atoms with Crippen molar-refractivity contribution in [1.82, 2.24) is 5.16 Å². The standard InChI is InChI=1S/C17H23NO3/c1-15-13-16(18-21-15)14-19-11-7-2-3-8-12-20-17-9-5-4-6-10-17/h4-6,9-10,13H,2-3,7-8,11-12,14H2,1H3. The molecule has 0 atom stereocenters. The Labute approximate surface area is 126 Å². The summed E-state index contributed by atoms with van der Waals surface area (Å²) in [4.78, 5) is 0. The minimum absolute atomic E-state index is 0.536. The van der Waals surface area contributed by atoms with Crippen LogP contribution in [-0.2, 0) is 11.3 Å². The monoisotopic (exact) mass is 289 g/mol. The number of nitrogens with zero attached hydrogens (tertiary/aromatic N) is 1. The van der Waals surface area contributed by atoms with E-state index in [2.05, 4.69) is 5.16 Å². The Morgan fingerprint density at radius 2 is 1.76 bits per heavy atom. The molecule has 0 aliphatic heterocycles. The van der Waals surface area contributed by atoms with E-state index >= 15 is 0 Å². The number of ether oxygens (including phenoxy) is 2. The maximum absolute atomic E-state index is 5.64. The van der Waals surface area contributed by atoms with Crippen molar-refractivity contribution in [2.75, 3.05) is 13.2 Å². The molecule has 21 heavy (non-hydrogen) atoms. The summed E-state index contributed by atoms with van der Waals surface area (Å²) in [6.45, 7) is 3.97. The molecule has 0 amide bonds. The van der Waals surface area contributed by atoms with Crippen LogP contribution in [0, 0.1) is 6.92 Å². The maximum Gasteiger partial charge on any atom is 0.134 e. The highest BCUT2D eigenvalue weighted by atomic mass is 16.5. The third-order valence-corrected chi connectivity index (χ3v) is 3.12. The van der Waals surface area contributed by atoms with Crippen molar-refractivity contribution in [3.63, 3.8) is 0 Å². The predicted molar refractivity (Wildman–Crippen MR) is 81.3 cm³/mol. The number of unbranched alkanes of at least 4 members (excludes halogenated alkanes) is 3. The molecule has 1 heterocycles. The third kappa shape index (κ3) is 6.45. The minimum atomic E-state index is 0.536. The minimum Gasteiger partial charge on any atom is -0.494 e. The lowest BCUT2D eigenvalue weighted by Gasteiger charge is -2.05. The molecule has 1 aromatic carbocycles. The second-order valence-electron chi connectivity index (χ2n) is 5.06. The van der Waals surface area contributed by atoms with Gasteiger partial charge in [-0.3, -0.25) is 0 Å². The summed E-state index contributed by atoms with van der Waals surface area (Å²) in [5, 5.41) is 3.89. The SMILES string of the molecule is Cc1cc(COCCCCCCOc2ccccc2)no1. The van der Waals surface area contributed by atoms with Gasteiger partial charge in [-0.05, 0) is 38.3 Å². The fraction of sp³-hybridized carbons (Fsp3) is 0.471. The number of hydrogen-bond donors (Lipinski definition) is 0. The molecule has 0 bridgehead atoms. The smallest absolute Gasteiger partial charge is 0.134 e. The lowest BCUT2D eigenvalue weighted by atomic mass is 10.2. The van der Waals surface area contributed by atoms with Gasteiger partial charge < -0.3 is 14.0 Å². The first kappa shape index (κ1) is 15.6. The largest absolute Gasteiger partial charge is 0.494 e. The van der Waals surface area contributed by atoms with E-state index in [4.69, 9.17) is 14.0 Å². The first-order valence-corrected chi connectivity index (χ1v) is 7.52. The summed E-state index contributed by atoms with van der Waals surface area (Å²) in [7, 11) is 0. The third-order valence-electron chi connectivity index (χ3n) is 3.12. The molecule has 0 radical (unpaired) electrons. The quantitative estimate of drug-likeness (QED) is 0.617. The van der Waals surface area contributed by atoms with E-state index in [1.165, 1.54) is 6.42 Å². The number of aromatic nitrogens is 1. The fourth-order valence-corrected chi connectivity index (χ4v) is 2.03. The highest BCUT2D eigenvalue weighted by Crippen LogP contribution is 2.10. The van der Waals surface area contributed by atoms with Crippen molar-refractivity contribution in [2.24, 2.45) is 0 Å². The molecule has 1 aromatic heterocycles. The molecule has 2 aromatic rings. The summed E-state index contributed by atoms with van der Waals surface area (Å²) in [6.07, 6.45) is 4.48. The van der Waals surface area contributed by atoms with Crippen LogP contribution in [-0.4, -0.2) is 18.4 Å². The maximum atomic E-state index is 5.64. The molecule has 0 aliphatic carbocycles. The Kier molecular flexibility index (Phi) is 6.81. The molecular formula is C17H23NO3. The molecular weight excluding hydrogens is 266 g/mol. The van der Waals surface area contributed by atoms with Gasteiger partial charge in [0.15, 0.2) is 0 Å². The van der Waals surface area contributed by atoms with Gasteiger partial charge in [0, 0.05) is 12.7 Å². The van der Waals surface area contributed by atoms with E-state index in [-0.39, 0.29) is 0 Å². The Bertz CT molecular complexity index is 496. The van der Waals surface area contributed by atoms with Crippen LogP contribution in [0.2, 0.25) is 0 Å². The Morgan fingerprint density at radius 1 is 1.00 bits per heavy atom. The van der Waals surface area contributed by atoms with Gasteiger partial charge in [-0.2, -0.15) is 0 Å². The molecule has 114 valence electrons. The zero-order valence-corrected chi connectivity index (χ0v) is 12.6. The second kappa shape index (κ2) is 9.19. The van der Waals surface area contributed by atoms with Crippen LogP contribution < -0.4 is 4.74 Å². The topological polar surface area (TPSA) is 44.5 Å². The first-order valence-electron chi connectivity index (χ1n) is 7.52. The van der Waals surface area contributed by atoms with Crippen LogP contribution in [0.1, 0.15) is 37.1 Å². The lowest BCUT2D eigenvalue weighted by molar-refractivity contribution is 0.111. The fourth-order valence-electron chi connectivity index (χ4n) is 2.03. The zero-order valence-electron chi connectivity index (χ0n) is 12.6. The summed E-state index contributed by atoms with van der Waals surface area (Å²) >= 11 is 0. The second-order valence-corrected chi connectivity index (χ2v) is 5.06. The van der Waals surface area contributed by atoms with Gasteiger partial charge in [-0.25, -0.2) is 0 Å². The first-order chi connectivity index (χ1) is 10.3. The van der Waals surface area contributed by atoms with E-state index in [9.17, 15) is 0 Å². The summed E-state index contributed by atoms with van der Waals surface area (Å²) in [5.74, 6) is 1.77.